The first kappa shape index (κ1) is 17.9. The maximum absolute atomic E-state index is 13.1. The summed E-state index contributed by atoms with van der Waals surface area (Å²) in [4.78, 5) is 5.61. The van der Waals surface area contributed by atoms with Gasteiger partial charge in [-0.25, -0.2) is 4.39 Å². The Labute approximate surface area is 163 Å². The largest absolute Gasteiger partial charge is 0.492 e. The highest BCUT2D eigenvalue weighted by atomic mass is 79.9. The van der Waals surface area contributed by atoms with E-state index in [0.29, 0.717) is 35.8 Å². The lowest BCUT2D eigenvalue weighted by Crippen LogP contribution is -2.13. The third-order valence-corrected chi connectivity index (χ3v) is 5.35. The third kappa shape index (κ3) is 3.18. The van der Waals surface area contributed by atoms with Crippen LogP contribution in [-0.4, -0.2) is 32.8 Å². The summed E-state index contributed by atoms with van der Waals surface area (Å²) < 4.78 is 36.0. The molecule has 0 N–H and O–H groups in total. The van der Waals surface area contributed by atoms with Crippen LogP contribution in [0.2, 0.25) is 0 Å². The lowest BCUT2D eigenvalue weighted by atomic mass is 9.99. The molecule has 8 heteroatoms. The molecule has 6 nitrogen and oxygen atoms in total. The van der Waals surface area contributed by atoms with Crippen molar-refractivity contribution in [2.75, 3.05) is 21.0 Å². The molecule has 0 amide bonds. The van der Waals surface area contributed by atoms with Crippen molar-refractivity contribution in [2.24, 2.45) is 5.16 Å². The lowest BCUT2D eigenvalue weighted by Gasteiger charge is -2.18. The summed E-state index contributed by atoms with van der Waals surface area (Å²) in [6.45, 7) is 0.120. The smallest absolute Gasteiger partial charge is 0.231 e. The van der Waals surface area contributed by atoms with Crippen LogP contribution in [0, 0.1) is 5.82 Å². The van der Waals surface area contributed by atoms with Gasteiger partial charge < -0.3 is 23.8 Å². The predicted octanol–water partition coefficient (Wildman–Crippen LogP) is 4.07. The Kier molecular flexibility index (Phi) is 4.82. The molecule has 0 aromatic heterocycles. The van der Waals surface area contributed by atoms with E-state index in [1.807, 2.05) is 0 Å². The molecule has 27 heavy (non-hydrogen) atoms. The van der Waals surface area contributed by atoms with Gasteiger partial charge in [-0.3, -0.25) is 0 Å². The van der Waals surface area contributed by atoms with E-state index in [4.69, 9.17) is 23.8 Å². The van der Waals surface area contributed by atoms with Crippen LogP contribution in [0.1, 0.15) is 17.5 Å². The molecule has 0 spiro atoms. The third-order valence-electron chi connectivity index (χ3n) is 4.51. The van der Waals surface area contributed by atoms with E-state index in [0.717, 1.165) is 21.3 Å². The molecule has 0 bridgehead atoms. The fraction of sp³-hybridized carbons (Fsp3) is 0.316. The highest BCUT2D eigenvalue weighted by Gasteiger charge is 2.33. The number of methoxy groups -OCH3 is 2. The Hall–Kier alpha value is -2.48. The minimum atomic E-state index is -0.282. The van der Waals surface area contributed by atoms with Gasteiger partial charge in [-0.1, -0.05) is 17.3 Å². The molecule has 0 aliphatic carbocycles. The van der Waals surface area contributed by atoms with Crippen LogP contribution in [0.25, 0.3) is 0 Å². The van der Waals surface area contributed by atoms with Crippen LogP contribution in [0.3, 0.4) is 0 Å². The summed E-state index contributed by atoms with van der Waals surface area (Å²) >= 11 is 3.59. The van der Waals surface area contributed by atoms with Crippen molar-refractivity contribution >= 4 is 21.6 Å². The van der Waals surface area contributed by atoms with Crippen LogP contribution in [0.5, 0.6) is 23.0 Å². The summed E-state index contributed by atoms with van der Waals surface area (Å²) in [6.07, 6.45) is 0.920. The number of benzene rings is 2. The van der Waals surface area contributed by atoms with Gasteiger partial charge in [0, 0.05) is 18.4 Å². The number of halogens is 2. The molecule has 2 aliphatic rings. The number of ether oxygens (including phenoxy) is 4. The van der Waals surface area contributed by atoms with Crippen LogP contribution < -0.4 is 18.9 Å². The average molecular weight is 438 g/mol. The van der Waals surface area contributed by atoms with Gasteiger partial charge in [0.1, 0.15) is 11.9 Å². The summed E-state index contributed by atoms with van der Waals surface area (Å²) in [6, 6.07) is 6.21. The topological polar surface area (TPSA) is 58.5 Å². The minimum absolute atomic E-state index is 0.120. The van der Waals surface area contributed by atoms with Gasteiger partial charge in [0.15, 0.2) is 11.5 Å². The summed E-state index contributed by atoms with van der Waals surface area (Å²) in [5.74, 6) is 1.87. The molecule has 4 rings (SSSR count). The predicted molar refractivity (Wildman–Crippen MR) is 99.5 cm³/mol. The fourth-order valence-electron chi connectivity index (χ4n) is 3.25. The van der Waals surface area contributed by atoms with Gasteiger partial charge in [0.25, 0.3) is 0 Å². The lowest BCUT2D eigenvalue weighted by molar-refractivity contribution is 0.0852. The molecule has 0 radical (unpaired) electrons. The van der Waals surface area contributed by atoms with Crippen LogP contribution in [0.15, 0.2) is 33.9 Å². The van der Waals surface area contributed by atoms with Gasteiger partial charge in [0.2, 0.25) is 18.3 Å². The second-order valence-corrected chi connectivity index (χ2v) is 6.90. The van der Waals surface area contributed by atoms with Gasteiger partial charge in [-0.15, -0.1) is 0 Å². The van der Waals surface area contributed by atoms with Crippen molar-refractivity contribution in [3.8, 4) is 23.0 Å². The summed E-state index contributed by atoms with van der Waals surface area (Å²) in [7, 11) is 3.13. The zero-order valence-electron chi connectivity index (χ0n) is 14.8. The molecule has 1 unspecified atom stereocenters. The van der Waals surface area contributed by atoms with Crippen molar-refractivity contribution < 1.29 is 28.2 Å². The maximum Gasteiger partial charge on any atom is 0.231 e. The molecule has 2 aliphatic heterocycles. The first-order valence-corrected chi connectivity index (χ1v) is 9.12. The standard InChI is InChI=1S/C19H17BrFNO5/c1-23-16-13(15(20)17-19(18(16)24-2)26-9-25-17)7-12-8-14(22-27-12)10-3-5-11(21)6-4-10/h3-6,12H,7-9H2,1-2H3. The Morgan fingerprint density at radius 2 is 1.81 bits per heavy atom. The molecule has 142 valence electrons. The molecule has 1 atom stereocenters. The number of rotatable bonds is 5. The molecule has 0 fully saturated rings. The first-order valence-electron chi connectivity index (χ1n) is 8.33. The Balaban J connectivity index is 1.60. The van der Waals surface area contributed by atoms with E-state index in [9.17, 15) is 4.39 Å². The van der Waals surface area contributed by atoms with E-state index in [1.54, 1.807) is 26.4 Å². The second-order valence-electron chi connectivity index (χ2n) is 6.10. The molecule has 0 saturated heterocycles. The second kappa shape index (κ2) is 7.26. The maximum atomic E-state index is 13.1. The molecular weight excluding hydrogens is 421 g/mol. The Morgan fingerprint density at radius 3 is 2.52 bits per heavy atom. The zero-order valence-corrected chi connectivity index (χ0v) is 16.3. The van der Waals surface area contributed by atoms with Crippen molar-refractivity contribution in [1.82, 2.24) is 0 Å². The number of hydrogen-bond donors (Lipinski definition) is 0. The van der Waals surface area contributed by atoms with Crippen LogP contribution >= 0.6 is 15.9 Å². The van der Waals surface area contributed by atoms with Crippen LogP contribution in [0.4, 0.5) is 4.39 Å². The quantitative estimate of drug-likeness (QED) is 0.705. The zero-order chi connectivity index (χ0) is 19.0. The van der Waals surface area contributed by atoms with Crippen molar-refractivity contribution in [2.45, 2.75) is 18.9 Å². The SMILES string of the molecule is COc1c(CC2CC(c3ccc(F)cc3)=NO2)c(Br)c2c(c1OC)OCO2. The van der Waals surface area contributed by atoms with E-state index in [2.05, 4.69) is 21.1 Å². The van der Waals surface area contributed by atoms with Gasteiger partial charge in [0.05, 0.1) is 24.4 Å². The first-order chi connectivity index (χ1) is 13.1. The molecule has 0 saturated carbocycles. The number of nitrogens with zero attached hydrogens (tertiary/aromatic N) is 1. The highest BCUT2D eigenvalue weighted by Crippen LogP contribution is 2.54. The number of oxime groups is 1. The number of fused-ring (bicyclic) bond motifs is 1. The fourth-order valence-corrected chi connectivity index (χ4v) is 3.89. The van der Waals surface area contributed by atoms with Crippen LogP contribution in [-0.2, 0) is 11.3 Å². The van der Waals surface area contributed by atoms with Crippen molar-refractivity contribution in [1.29, 1.82) is 0 Å². The summed E-state index contributed by atoms with van der Waals surface area (Å²) in [5, 5.41) is 4.16. The summed E-state index contributed by atoms with van der Waals surface area (Å²) in [5.41, 5.74) is 2.47. The molecule has 2 aromatic carbocycles. The Bertz CT molecular complexity index is 900. The van der Waals surface area contributed by atoms with E-state index in [1.165, 1.54) is 12.1 Å². The molecular formula is C19H17BrFNO5. The van der Waals surface area contributed by atoms with Crippen molar-refractivity contribution in [3.63, 3.8) is 0 Å². The van der Waals surface area contributed by atoms with E-state index >= 15 is 0 Å². The molecule has 2 aromatic rings. The number of hydrogen-bond acceptors (Lipinski definition) is 6. The normalized spacial score (nSPS) is 17.5. The minimum Gasteiger partial charge on any atom is -0.492 e. The average Bonchev–Trinajstić information content (AvgIpc) is 3.34. The Morgan fingerprint density at radius 1 is 1.11 bits per heavy atom. The van der Waals surface area contributed by atoms with E-state index in [-0.39, 0.29) is 18.7 Å². The van der Waals surface area contributed by atoms with Crippen molar-refractivity contribution in [3.05, 3.63) is 45.7 Å². The van der Waals surface area contributed by atoms with Gasteiger partial charge in [-0.05, 0) is 33.6 Å². The highest BCUT2D eigenvalue weighted by molar-refractivity contribution is 9.10. The molecule has 2 heterocycles. The van der Waals surface area contributed by atoms with Gasteiger partial charge in [-0.2, -0.15) is 0 Å². The van der Waals surface area contributed by atoms with Gasteiger partial charge >= 0.3 is 0 Å². The monoisotopic (exact) mass is 437 g/mol. The van der Waals surface area contributed by atoms with E-state index < -0.39 is 0 Å².